The average Bonchev–Trinajstić information content (AvgIpc) is 2.71. The summed E-state index contributed by atoms with van der Waals surface area (Å²) in [5, 5.41) is 0. The van der Waals surface area contributed by atoms with Gasteiger partial charge in [0.2, 0.25) is 0 Å². The fourth-order valence-corrected chi connectivity index (χ4v) is 1.28. The van der Waals surface area contributed by atoms with Crippen molar-refractivity contribution in [2.75, 3.05) is 0 Å². The summed E-state index contributed by atoms with van der Waals surface area (Å²) in [6.07, 6.45) is 1.80. The Morgan fingerprint density at radius 1 is 1.08 bits per heavy atom. The van der Waals surface area contributed by atoms with Gasteiger partial charge in [-0.05, 0) is 11.1 Å². The maximum atomic E-state index is 5.50. The van der Waals surface area contributed by atoms with Crippen LogP contribution in [0.4, 0.5) is 0 Å². The maximum Gasteiger partial charge on any atom is 0.0178 e. The average molecular weight is 171 g/mol. The molecule has 0 saturated carbocycles. The van der Waals surface area contributed by atoms with Crippen molar-refractivity contribution in [1.29, 1.82) is 0 Å². The molecule has 13 heavy (non-hydrogen) atoms. The Balaban J connectivity index is 2.33. The highest BCUT2D eigenvalue weighted by Gasteiger charge is 1.90. The lowest BCUT2D eigenvalue weighted by molar-refractivity contribution is 1.07. The van der Waals surface area contributed by atoms with Gasteiger partial charge in [0.05, 0.1) is 0 Å². The summed E-state index contributed by atoms with van der Waals surface area (Å²) in [5.74, 6) is 0. The van der Waals surface area contributed by atoms with Crippen molar-refractivity contribution in [3.8, 4) is 11.3 Å². The zero-order valence-corrected chi connectivity index (χ0v) is 7.27. The second kappa shape index (κ2) is 3.46. The fraction of sp³-hybridized carbons (Fsp3) is 0.0909. The van der Waals surface area contributed by atoms with Gasteiger partial charge in [0.1, 0.15) is 0 Å². The van der Waals surface area contributed by atoms with Gasteiger partial charge in [0, 0.05) is 6.54 Å². The Hall–Kier alpha value is -1.54. The van der Waals surface area contributed by atoms with Gasteiger partial charge in [0.25, 0.3) is 0 Å². The smallest absolute Gasteiger partial charge is 0.0178 e. The van der Waals surface area contributed by atoms with Crippen LogP contribution in [0.1, 0.15) is 5.56 Å². The molecule has 0 fully saturated rings. The maximum absolute atomic E-state index is 5.50. The van der Waals surface area contributed by atoms with Crippen LogP contribution >= 0.6 is 0 Å². The molecule has 0 saturated heterocycles. The van der Waals surface area contributed by atoms with Crippen LogP contribution in [0.2, 0.25) is 0 Å². The first kappa shape index (κ1) is 8.08. The van der Waals surface area contributed by atoms with Crippen LogP contribution in [0.25, 0.3) is 11.3 Å². The first-order valence-corrected chi connectivity index (χ1v) is 4.27. The van der Waals surface area contributed by atoms with Crippen LogP contribution in [0.5, 0.6) is 0 Å². The van der Waals surface area contributed by atoms with Crippen molar-refractivity contribution in [3.05, 3.63) is 48.2 Å². The number of nitrogens with zero attached hydrogens (tertiary/aromatic N) is 1. The SMILES string of the molecule is NCc1ccc(-c2ccc[n-]2)cc1. The molecule has 0 bridgehead atoms. The zero-order valence-electron chi connectivity index (χ0n) is 7.27. The molecular weight excluding hydrogens is 160 g/mol. The molecule has 0 aliphatic heterocycles. The molecule has 0 aliphatic rings. The molecule has 0 aliphatic carbocycles. The lowest BCUT2D eigenvalue weighted by Gasteiger charge is -2.06. The van der Waals surface area contributed by atoms with E-state index in [9.17, 15) is 0 Å². The molecule has 2 N–H and O–H groups in total. The molecule has 0 unspecified atom stereocenters. The summed E-state index contributed by atoms with van der Waals surface area (Å²) in [4.78, 5) is 4.21. The van der Waals surface area contributed by atoms with E-state index in [2.05, 4.69) is 4.98 Å². The minimum Gasteiger partial charge on any atom is -0.664 e. The lowest BCUT2D eigenvalue weighted by Crippen LogP contribution is -1.95. The van der Waals surface area contributed by atoms with Crippen molar-refractivity contribution >= 4 is 0 Å². The van der Waals surface area contributed by atoms with E-state index < -0.39 is 0 Å². The summed E-state index contributed by atoms with van der Waals surface area (Å²) in [7, 11) is 0. The van der Waals surface area contributed by atoms with Crippen LogP contribution in [0, 0.1) is 0 Å². The summed E-state index contributed by atoms with van der Waals surface area (Å²) >= 11 is 0. The topological polar surface area (TPSA) is 40.1 Å². The third-order valence-electron chi connectivity index (χ3n) is 2.04. The minimum atomic E-state index is 0.592. The molecule has 1 heterocycles. The quantitative estimate of drug-likeness (QED) is 0.748. The Labute approximate surface area is 77.4 Å². The highest BCUT2D eigenvalue weighted by atomic mass is 14.7. The number of hydrogen-bond acceptors (Lipinski definition) is 1. The van der Waals surface area contributed by atoms with E-state index in [1.165, 1.54) is 0 Å². The summed E-state index contributed by atoms with van der Waals surface area (Å²) in [5.41, 5.74) is 8.81. The molecule has 2 rings (SSSR count). The van der Waals surface area contributed by atoms with Gasteiger partial charge in [-0.15, -0.1) is 5.69 Å². The molecule has 0 spiro atoms. The van der Waals surface area contributed by atoms with E-state index in [4.69, 9.17) is 5.73 Å². The van der Waals surface area contributed by atoms with Gasteiger partial charge in [-0.25, -0.2) is 0 Å². The highest BCUT2D eigenvalue weighted by molar-refractivity contribution is 5.59. The van der Waals surface area contributed by atoms with E-state index in [0.717, 1.165) is 16.8 Å². The Bertz CT molecular complexity index is 359. The van der Waals surface area contributed by atoms with Crippen molar-refractivity contribution in [3.63, 3.8) is 0 Å². The molecule has 1 aromatic carbocycles. The first-order chi connectivity index (χ1) is 6.40. The third-order valence-corrected chi connectivity index (χ3v) is 2.04. The Morgan fingerprint density at radius 3 is 2.38 bits per heavy atom. The lowest BCUT2D eigenvalue weighted by atomic mass is 10.1. The fourth-order valence-electron chi connectivity index (χ4n) is 1.28. The van der Waals surface area contributed by atoms with E-state index in [0.29, 0.717) is 6.54 Å². The molecule has 0 amide bonds. The molecule has 1 aromatic heterocycles. The molecule has 2 nitrogen and oxygen atoms in total. The van der Waals surface area contributed by atoms with Gasteiger partial charge in [-0.1, -0.05) is 36.4 Å². The molecule has 2 heteroatoms. The van der Waals surface area contributed by atoms with Gasteiger partial charge in [0.15, 0.2) is 0 Å². The molecular formula is C11H11N2-. The molecule has 2 aromatic rings. The van der Waals surface area contributed by atoms with Crippen LogP contribution in [0.15, 0.2) is 42.6 Å². The Morgan fingerprint density at radius 2 is 1.85 bits per heavy atom. The van der Waals surface area contributed by atoms with Crippen molar-refractivity contribution < 1.29 is 0 Å². The van der Waals surface area contributed by atoms with Crippen LogP contribution in [0.3, 0.4) is 0 Å². The normalized spacial score (nSPS) is 10.2. The first-order valence-electron chi connectivity index (χ1n) is 4.27. The van der Waals surface area contributed by atoms with Gasteiger partial charge < -0.3 is 10.7 Å². The molecule has 0 radical (unpaired) electrons. The van der Waals surface area contributed by atoms with Gasteiger partial charge in [-0.3, -0.25) is 0 Å². The third kappa shape index (κ3) is 1.63. The minimum absolute atomic E-state index is 0.592. The van der Waals surface area contributed by atoms with Crippen molar-refractivity contribution in [1.82, 2.24) is 4.98 Å². The van der Waals surface area contributed by atoms with Crippen molar-refractivity contribution in [2.24, 2.45) is 5.73 Å². The largest absolute Gasteiger partial charge is 0.664 e. The van der Waals surface area contributed by atoms with Gasteiger partial charge in [-0.2, -0.15) is 6.20 Å². The highest BCUT2D eigenvalue weighted by Crippen LogP contribution is 2.16. The number of rotatable bonds is 2. The summed E-state index contributed by atoms with van der Waals surface area (Å²) in [6, 6.07) is 12.1. The zero-order chi connectivity index (χ0) is 9.10. The molecule has 66 valence electrons. The van der Waals surface area contributed by atoms with Gasteiger partial charge >= 0.3 is 0 Å². The van der Waals surface area contributed by atoms with E-state index in [1.54, 1.807) is 6.20 Å². The molecule has 0 atom stereocenters. The Kier molecular flexibility index (Phi) is 2.15. The van der Waals surface area contributed by atoms with Crippen LogP contribution in [-0.4, -0.2) is 0 Å². The van der Waals surface area contributed by atoms with Crippen LogP contribution in [-0.2, 0) is 6.54 Å². The number of nitrogens with two attached hydrogens (primary N) is 1. The van der Waals surface area contributed by atoms with Crippen LogP contribution < -0.4 is 10.7 Å². The number of hydrogen-bond donors (Lipinski definition) is 1. The predicted octanol–water partition coefficient (Wildman–Crippen LogP) is 1.77. The summed E-state index contributed by atoms with van der Waals surface area (Å²) in [6.45, 7) is 0.592. The standard InChI is InChI=1S/C11H11N2/c12-8-9-3-5-10(6-4-9)11-2-1-7-13-11/h1-7H,8,12H2/q-1. The second-order valence-electron chi connectivity index (χ2n) is 2.92. The number of benzene rings is 1. The van der Waals surface area contributed by atoms with Crippen molar-refractivity contribution in [2.45, 2.75) is 6.54 Å². The number of aromatic nitrogens is 1. The summed E-state index contributed by atoms with van der Waals surface area (Å²) < 4.78 is 0. The monoisotopic (exact) mass is 171 g/mol. The van der Waals surface area contributed by atoms with E-state index in [1.807, 2.05) is 36.4 Å². The predicted molar refractivity (Wildman–Crippen MR) is 53.1 cm³/mol. The van der Waals surface area contributed by atoms with E-state index >= 15 is 0 Å². The van der Waals surface area contributed by atoms with E-state index in [-0.39, 0.29) is 0 Å². The second-order valence-corrected chi connectivity index (χ2v) is 2.92.